The Hall–Kier alpha value is -1.43. The quantitative estimate of drug-likeness (QED) is 0.540. The van der Waals surface area contributed by atoms with E-state index >= 15 is 0 Å². The van der Waals surface area contributed by atoms with Crippen LogP contribution >= 0.6 is 0 Å². The number of ether oxygens (including phenoxy) is 2. The Morgan fingerprint density at radius 2 is 1.90 bits per heavy atom. The van der Waals surface area contributed by atoms with Crippen molar-refractivity contribution in [1.29, 1.82) is 0 Å². The van der Waals surface area contributed by atoms with Crippen LogP contribution < -0.4 is 5.32 Å². The van der Waals surface area contributed by atoms with Crippen LogP contribution in [-0.2, 0) is 20.9 Å². The van der Waals surface area contributed by atoms with E-state index in [9.17, 15) is 4.79 Å². The molecular weight excluding hydrogens is 388 g/mol. The second-order valence-corrected chi connectivity index (χ2v) is 10.3. The number of likely N-dealkylation sites (tertiary alicyclic amines) is 1. The molecule has 2 saturated carbocycles. The molecule has 5 nitrogen and oxygen atoms in total. The molecular formula is C26H40N2O3. The molecule has 1 unspecified atom stereocenters. The Bertz CT molecular complexity index is 711. The van der Waals surface area contributed by atoms with Crippen molar-refractivity contribution in [2.75, 3.05) is 39.9 Å². The molecule has 1 aromatic carbocycles. The summed E-state index contributed by atoms with van der Waals surface area (Å²) in [4.78, 5) is 15.5. The molecule has 0 radical (unpaired) electrons. The lowest BCUT2D eigenvalue weighted by Gasteiger charge is -2.47. The monoisotopic (exact) mass is 428 g/mol. The highest BCUT2D eigenvalue weighted by molar-refractivity contribution is 5.78. The normalized spacial score (nSPS) is 26.8. The number of carbonyl (C=O) groups excluding carboxylic acids is 1. The molecule has 0 bridgehead atoms. The number of rotatable bonds is 11. The Morgan fingerprint density at radius 1 is 1.16 bits per heavy atom. The molecule has 2 aliphatic carbocycles. The fourth-order valence-corrected chi connectivity index (χ4v) is 5.49. The smallest absolute Gasteiger partial charge is 0.313 e. The number of benzene rings is 1. The number of nitrogens with zero attached hydrogens (tertiary/aromatic N) is 1. The van der Waals surface area contributed by atoms with E-state index in [1.165, 1.54) is 12.8 Å². The molecule has 5 heteroatoms. The second kappa shape index (κ2) is 10.0. The zero-order chi connectivity index (χ0) is 21.7. The lowest BCUT2D eigenvalue weighted by atomic mass is 9.67. The first-order valence-electron chi connectivity index (χ1n) is 12.2. The minimum absolute atomic E-state index is 0.00246. The summed E-state index contributed by atoms with van der Waals surface area (Å²) in [5.41, 5.74) is 0.990. The average molecular weight is 429 g/mol. The highest BCUT2D eigenvalue weighted by Gasteiger charge is 2.48. The van der Waals surface area contributed by atoms with Crippen molar-refractivity contribution in [3.8, 4) is 0 Å². The minimum Gasteiger partial charge on any atom is -0.460 e. The van der Waals surface area contributed by atoms with Gasteiger partial charge >= 0.3 is 5.97 Å². The third kappa shape index (κ3) is 5.50. The van der Waals surface area contributed by atoms with Crippen LogP contribution in [0.3, 0.4) is 0 Å². The molecule has 0 aromatic heterocycles. The molecule has 172 valence electrons. The van der Waals surface area contributed by atoms with Gasteiger partial charge in [-0.15, -0.1) is 0 Å². The third-order valence-electron chi connectivity index (χ3n) is 8.04. The highest BCUT2D eigenvalue weighted by Crippen LogP contribution is 2.44. The Labute approximate surface area is 187 Å². The summed E-state index contributed by atoms with van der Waals surface area (Å²) < 4.78 is 11.4. The van der Waals surface area contributed by atoms with Crippen molar-refractivity contribution >= 4 is 5.97 Å². The number of piperidine rings is 1. The summed E-state index contributed by atoms with van der Waals surface area (Å²) in [6.45, 7) is 7.47. The summed E-state index contributed by atoms with van der Waals surface area (Å²) in [5, 5.41) is 3.82. The summed E-state index contributed by atoms with van der Waals surface area (Å²) >= 11 is 0. The number of esters is 1. The Kier molecular flexibility index (Phi) is 7.35. The number of nitrogens with one attached hydrogen (secondary N) is 1. The first-order valence-corrected chi connectivity index (χ1v) is 12.2. The number of hydrogen-bond donors (Lipinski definition) is 1. The van der Waals surface area contributed by atoms with E-state index in [-0.39, 0.29) is 16.8 Å². The maximum absolute atomic E-state index is 13.0. The lowest BCUT2D eigenvalue weighted by Crippen LogP contribution is -2.53. The van der Waals surface area contributed by atoms with Gasteiger partial charge in [-0.1, -0.05) is 50.1 Å². The van der Waals surface area contributed by atoms with Crippen molar-refractivity contribution in [3.63, 3.8) is 0 Å². The van der Waals surface area contributed by atoms with Crippen LogP contribution in [0.15, 0.2) is 30.3 Å². The topological polar surface area (TPSA) is 50.8 Å². The van der Waals surface area contributed by atoms with Gasteiger partial charge in [-0.3, -0.25) is 4.79 Å². The van der Waals surface area contributed by atoms with E-state index in [1.807, 2.05) is 37.4 Å². The lowest BCUT2D eigenvalue weighted by molar-refractivity contribution is -0.165. The molecule has 1 aliphatic heterocycles. The van der Waals surface area contributed by atoms with Crippen LogP contribution in [0.25, 0.3) is 0 Å². The zero-order valence-corrected chi connectivity index (χ0v) is 19.4. The maximum Gasteiger partial charge on any atom is 0.313 e. The van der Waals surface area contributed by atoms with E-state index in [4.69, 9.17) is 9.47 Å². The summed E-state index contributed by atoms with van der Waals surface area (Å²) in [5.74, 6) is 0.873. The van der Waals surface area contributed by atoms with Crippen molar-refractivity contribution in [2.45, 2.75) is 64.5 Å². The molecule has 2 atom stereocenters. The molecule has 1 N–H and O–H groups in total. The van der Waals surface area contributed by atoms with Gasteiger partial charge in [0.2, 0.25) is 0 Å². The standard InChI is InChI=1S/C26H40N2O3/c1-3-22-16-23(22)27-18-25(20-30-2)12-14-28(15-13-25)19-26(10-7-11-26)24(29)31-17-21-8-5-4-6-9-21/h4-6,8-9,22-23,27H,3,7,10-20H2,1-2H3/t22?,23-/m1/s1. The fourth-order valence-electron chi connectivity index (χ4n) is 5.49. The number of hydrogen-bond acceptors (Lipinski definition) is 5. The van der Waals surface area contributed by atoms with E-state index in [0.29, 0.717) is 6.61 Å². The van der Waals surface area contributed by atoms with Gasteiger partial charge in [0.05, 0.1) is 12.0 Å². The van der Waals surface area contributed by atoms with E-state index in [2.05, 4.69) is 17.1 Å². The van der Waals surface area contributed by atoms with Gasteiger partial charge in [-0.25, -0.2) is 0 Å². The molecule has 3 fully saturated rings. The third-order valence-corrected chi connectivity index (χ3v) is 8.04. The molecule has 3 aliphatic rings. The molecule has 1 saturated heterocycles. The maximum atomic E-state index is 13.0. The van der Waals surface area contributed by atoms with Crippen molar-refractivity contribution in [3.05, 3.63) is 35.9 Å². The Balaban J connectivity index is 1.27. The van der Waals surface area contributed by atoms with Crippen LogP contribution in [0.1, 0.15) is 57.4 Å². The summed E-state index contributed by atoms with van der Waals surface area (Å²) in [6.07, 6.45) is 7.93. The van der Waals surface area contributed by atoms with Gasteiger partial charge in [-0.05, 0) is 56.7 Å². The van der Waals surface area contributed by atoms with Crippen LogP contribution in [-0.4, -0.2) is 56.8 Å². The van der Waals surface area contributed by atoms with Crippen molar-refractivity contribution in [1.82, 2.24) is 10.2 Å². The van der Waals surface area contributed by atoms with E-state index in [0.717, 1.165) is 82.4 Å². The first-order chi connectivity index (χ1) is 15.1. The molecule has 0 amide bonds. The molecule has 0 spiro atoms. The molecule has 31 heavy (non-hydrogen) atoms. The molecule has 4 rings (SSSR count). The fraction of sp³-hybridized carbons (Fsp3) is 0.731. The summed E-state index contributed by atoms with van der Waals surface area (Å²) in [6, 6.07) is 10.7. The second-order valence-electron chi connectivity index (χ2n) is 10.3. The molecule has 1 heterocycles. The van der Waals surface area contributed by atoms with Crippen molar-refractivity contribution < 1.29 is 14.3 Å². The number of carbonyl (C=O) groups is 1. The minimum atomic E-state index is -0.295. The van der Waals surface area contributed by atoms with Gasteiger partial charge in [0.25, 0.3) is 0 Å². The average Bonchev–Trinajstić information content (AvgIpc) is 3.54. The number of methoxy groups -OCH3 is 1. The van der Waals surface area contributed by atoms with Gasteiger partial charge in [0, 0.05) is 31.7 Å². The van der Waals surface area contributed by atoms with Crippen LogP contribution in [0.4, 0.5) is 0 Å². The molecule has 1 aromatic rings. The largest absolute Gasteiger partial charge is 0.460 e. The predicted octanol–water partition coefficient (Wildman–Crippen LogP) is 4.02. The van der Waals surface area contributed by atoms with Crippen LogP contribution in [0.2, 0.25) is 0 Å². The van der Waals surface area contributed by atoms with Gasteiger partial charge in [0.15, 0.2) is 0 Å². The highest BCUT2D eigenvalue weighted by atomic mass is 16.5. The van der Waals surface area contributed by atoms with Gasteiger partial charge in [-0.2, -0.15) is 0 Å². The summed E-state index contributed by atoms with van der Waals surface area (Å²) in [7, 11) is 1.83. The van der Waals surface area contributed by atoms with Gasteiger partial charge in [0.1, 0.15) is 6.61 Å². The van der Waals surface area contributed by atoms with Crippen LogP contribution in [0, 0.1) is 16.7 Å². The predicted molar refractivity (Wildman–Crippen MR) is 123 cm³/mol. The zero-order valence-electron chi connectivity index (χ0n) is 19.4. The van der Waals surface area contributed by atoms with Crippen LogP contribution in [0.5, 0.6) is 0 Å². The Morgan fingerprint density at radius 3 is 2.48 bits per heavy atom. The van der Waals surface area contributed by atoms with Gasteiger partial charge < -0.3 is 19.7 Å². The van der Waals surface area contributed by atoms with E-state index < -0.39 is 0 Å². The van der Waals surface area contributed by atoms with E-state index in [1.54, 1.807) is 0 Å². The SMILES string of the molecule is CCC1C[C@H]1NCC1(COC)CCN(CC2(C(=O)OCc3ccccc3)CCC2)CC1. The van der Waals surface area contributed by atoms with Crippen molar-refractivity contribution in [2.24, 2.45) is 16.7 Å². The first kappa shape index (κ1) is 22.8.